The highest BCUT2D eigenvalue weighted by Crippen LogP contribution is 2.35. The molecule has 0 atom stereocenters. The van der Waals surface area contributed by atoms with Crippen LogP contribution in [0.4, 0.5) is 0 Å². The molecule has 0 aliphatic heterocycles. The first kappa shape index (κ1) is 13.5. The van der Waals surface area contributed by atoms with Crippen molar-refractivity contribution in [3.63, 3.8) is 0 Å². The van der Waals surface area contributed by atoms with Gasteiger partial charge in [-0.25, -0.2) is 4.98 Å². The van der Waals surface area contributed by atoms with E-state index in [9.17, 15) is 4.79 Å². The van der Waals surface area contributed by atoms with E-state index in [1.165, 1.54) is 6.42 Å². The third-order valence-electron chi connectivity index (χ3n) is 3.80. The van der Waals surface area contributed by atoms with Crippen LogP contribution in [0.2, 0.25) is 0 Å². The van der Waals surface area contributed by atoms with Gasteiger partial charge in [0.2, 0.25) is 0 Å². The Balaban J connectivity index is 1.94. The zero-order valence-electron chi connectivity index (χ0n) is 10.7. The molecular weight excluding hydrogens is 294 g/mol. The Morgan fingerprint density at radius 3 is 2.67 bits per heavy atom. The van der Waals surface area contributed by atoms with Crippen LogP contribution in [0, 0.1) is 0 Å². The zero-order chi connectivity index (χ0) is 13.2. The second kappa shape index (κ2) is 5.36. The van der Waals surface area contributed by atoms with Gasteiger partial charge in [0.1, 0.15) is 4.60 Å². The van der Waals surface area contributed by atoms with E-state index in [1.54, 1.807) is 18.3 Å². The van der Waals surface area contributed by atoms with Crippen LogP contribution < -0.4 is 5.32 Å². The van der Waals surface area contributed by atoms with E-state index in [0.29, 0.717) is 12.1 Å². The Kier molecular flexibility index (Phi) is 4.02. The molecule has 1 heterocycles. The fourth-order valence-electron chi connectivity index (χ4n) is 2.22. The Hall–Kier alpha value is -0.940. The Labute approximate surface area is 116 Å². The van der Waals surface area contributed by atoms with E-state index in [-0.39, 0.29) is 11.4 Å². The molecule has 0 bridgehead atoms. The topological polar surface area (TPSA) is 45.2 Å². The van der Waals surface area contributed by atoms with Crippen LogP contribution in [0.5, 0.6) is 0 Å². The number of amides is 1. The summed E-state index contributed by atoms with van der Waals surface area (Å²) in [6.45, 7) is 0.703. The number of hydrogen-bond donors (Lipinski definition) is 1. The normalized spacial score (nSPS) is 17.3. The molecule has 0 saturated heterocycles. The molecule has 5 heteroatoms. The summed E-state index contributed by atoms with van der Waals surface area (Å²) in [4.78, 5) is 18.3. The summed E-state index contributed by atoms with van der Waals surface area (Å²) in [6, 6.07) is 3.55. The minimum absolute atomic E-state index is 0.0527. The first-order chi connectivity index (χ1) is 8.53. The maximum Gasteiger partial charge on any atom is 0.252 e. The van der Waals surface area contributed by atoms with Crippen molar-refractivity contribution in [1.82, 2.24) is 15.2 Å². The molecule has 98 valence electrons. The number of nitrogens with zero attached hydrogens (tertiary/aromatic N) is 2. The number of hydrogen-bond acceptors (Lipinski definition) is 3. The highest BCUT2D eigenvalue weighted by molar-refractivity contribution is 9.10. The smallest absolute Gasteiger partial charge is 0.252 e. The summed E-state index contributed by atoms with van der Waals surface area (Å²) in [6.07, 6.45) is 5.13. The number of pyridine rings is 1. The molecule has 1 saturated carbocycles. The fourth-order valence-corrected chi connectivity index (χ4v) is 2.46. The molecule has 1 aliphatic rings. The third-order valence-corrected chi connectivity index (χ3v) is 4.27. The fraction of sp³-hybridized carbons (Fsp3) is 0.538. The molecule has 1 N–H and O–H groups in total. The van der Waals surface area contributed by atoms with Crippen LogP contribution in [0.1, 0.15) is 29.6 Å². The van der Waals surface area contributed by atoms with Crippen molar-refractivity contribution in [3.05, 3.63) is 28.5 Å². The van der Waals surface area contributed by atoms with Crippen LogP contribution in [-0.2, 0) is 0 Å². The first-order valence-electron chi connectivity index (χ1n) is 6.11. The molecule has 0 radical (unpaired) electrons. The second-order valence-electron chi connectivity index (χ2n) is 5.02. The molecule has 18 heavy (non-hydrogen) atoms. The van der Waals surface area contributed by atoms with Gasteiger partial charge in [-0.1, -0.05) is 0 Å². The number of carbonyl (C=O) groups is 1. The molecule has 0 aromatic carbocycles. The number of nitrogens with one attached hydrogen (secondary N) is 1. The van der Waals surface area contributed by atoms with E-state index in [4.69, 9.17) is 0 Å². The van der Waals surface area contributed by atoms with Crippen LogP contribution >= 0.6 is 15.9 Å². The zero-order valence-corrected chi connectivity index (χ0v) is 12.3. The average molecular weight is 312 g/mol. The van der Waals surface area contributed by atoms with E-state index >= 15 is 0 Å². The number of aromatic nitrogens is 1. The maximum atomic E-state index is 12.0. The molecule has 1 fully saturated rings. The lowest BCUT2D eigenvalue weighted by Gasteiger charge is -2.47. The molecule has 1 aliphatic carbocycles. The lowest BCUT2D eigenvalue weighted by molar-refractivity contribution is 0.0557. The predicted octanol–water partition coefficient (Wildman–Crippen LogP) is 2.06. The molecule has 4 nitrogen and oxygen atoms in total. The van der Waals surface area contributed by atoms with Crippen LogP contribution in [-0.4, -0.2) is 42.0 Å². The van der Waals surface area contributed by atoms with Crippen molar-refractivity contribution in [3.8, 4) is 0 Å². The van der Waals surface area contributed by atoms with Crippen LogP contribution in [0.3, 0.4) is 0 Å². The van der Waals surface area contributed by atoms with Gasteiger partial charge >= 0.3 is 0 Å². The van der Waals surface area contributed by atoms with Gasteiger partial charge in [0.15, 0.2) is 0 Å². The van der Waals surface area contributed by atoms with Crippen LogP contribution in [0.25, 0.3) is 0 Å². The van der Waals surface area contributed by atoms with E-state index < -0.39 is 0 Å². The second-order valence-corrected chi connectivity index (χ2v) is 5.84. The third kappa shape index (κ3) is 2.72. The van der Waals surface area contributed by atoms with Gasteiger partial charge < -0.3 is 10.2 Å². The molecule has 1 amide bonds. The Morgan fingerprint density at radius 1 is 1.50 bits per heavy atom. The number of rotatable bonds is 4. The lowest BCUT2D eigenvalue weighted by atomic mass is 9.75. The summed E-state index contributed by atoms with van der Waals surface area (Å²) < 4.78 is 0.739. The predicted molar refractivity (Wildman–Crippen MR) is 74.5 cm³/mol. The standard InChI is InChI=1S/C13H18BrN3O/c1-17(2)13(6-3-7-13)9-16-12(18)10-4-5-11(14)15-8-10/h4-5,8H,3,6-7,9H2,1-2H3,(H,16,18). The highest BCUT2D eigenvalue weighted by atomic mass is 79.9. The van der Waals surface area contributed by atoms with Crippen molar-refractivity contribution in [2.75, 3.05) is 20.6 Å². The van der Waals surface area contributed by atoms with Gasteiger partial charge in [0.25, 0.3) is 5.91 Å². The van der Waals surface area contributed by atoms with Gasteiger partial charge in [-0.2, -0.15) is 0 Å². The molecule has 2 rings (SSSR count). The Morgan fingerprint density at radius 2 is 2.22 bits per heavy atom. The summed E-state index contributed by atoms with van der Waals surface area (Å²) in [7, 11) is 4.15. The van der Waals surface area contributed by atoms with Crippen molar-refractivity contribution >= 4 is 21.8 Å². The van der Waals surface area contributed by atoms with Gasteiger partial charge in [-0.05, 0) is 61.4 Å². The Bertz CT molecular complexity index is 426. The van der Waals surface area contributed by atoms with Crippen LogP contribution in [0.15, 0.2) is 22.9 Å². The van der Waals surface area contributed by atoms with E-state index in [2.05, 4.69) is 45.2 Å². The van der Waals surface area contributed by atoms with Gasteiger partial charge in [-0.15, -0.1) is 0 Å². The minimum atomic E-state index is -0.0527. The van der Waals surface area contributed by atoms with Gasteiger partial charge in [0.05, 0.1) is 5.56 Å². The number of halogens is 1. The molecule has 0 unspecified atom stereocenters. The molecule has 0 spiro atoms. The summed E-state index contributed by atoms with van der Waals surface area (Å²) in [5.41, 5.74) is 0.754. The highest BCUT2D eigenvalue weighted by Gasteiger charge is 2.39. The summed E-state index contributed by atoms with van der Waals surface area (Å²) >= 11 is 3.26. The summed E-state index contributed by atoms with van der Waals surface area (Å²) in [5.74, 6) is -0.0527. The molecular formula is C13H18BrN3O. The first-order valence-corrected chi connectivity index (χ1v) is 6.90. The van der Waals surface area contributed by atoms with E-state index in [1.807, 2.05) is 0 Å². The van der Waals surface area contributed by atoms with Gasteiger partial charge in [0, 0.05) is 18.3 Å². The van der Waals surface area contributed by atoms with Crippen molar-refractivity contribution in [2.24, 2.45) is 0 Å². The monoisotopic (exact) mass is 311 g/mol. The SMILES string of the molecule is CN(C)C1(CNC(=O)c2ccc(Br)nc2)CCC1. The lowest BCUT2D eigenvalue weighted by Crippen LogP contribution is -2.57. The largest absolute Gasteiger partial charge is 0.350 e. The van der Waals surface area contributed by atoms with Crippen molar-refractivity contribution in [2.45, 2.75) is 24.8 Å². The maximum absolute atomic E-state index is 12.0. The van der Waals surface area contributed by atoms with Crippen molar-refractivity contribution < 1.29 is 4.79 Å². The van der Waals surface area contributed by atoms with Gasteiger partial charge in [-0.3, -0.25) is 4.79 Å². The quantitative estimate of drug-likeness (QED) is 0.866. The number of carbonyl (C=O) groups excluding carboxylic acids is 1. The van der Waals surface area contributed by atoms with E-state index in [0.717, 1.165) is 17.4 Å². The minimum Gasteiger partial charge on any atom is -0.350 e. The van der Waals surface area contributed by atoms with Crippen molar-refractivity contribution in [1.29, 1.82) is 0 Å². The average Bonchev–Trinajstić information content (AvgIpc) is 2.27. The molecule has 1 aromatic rings. The number of likely N-dealkylation sites (N-methyl/N-ethyl adjacent to an activating group) is 1. The summed E-state index contributed by atoms with van der Waals surface area (Å²) in [5, 5.41) is 3.01. The molecule has 1 aromatic heterocycles.